The molecule has 5 aliphatic rings. The Labute approximate surface area is 127 Å². The van der Waals surface area contributed by atoms with Gasteiger partial charge in [-0.1, -0.05) is 13.8 Å². The summed E-state index contributed by atoms with van der Waals surface area (Å²) in [6.07, 6.45) is 12.4. The van der Waals surface area contributed by atoms with E-state index < -0.39 is 0 Å². The van der Waals surface area contributed by atoms with Crippen molar-refractivity contribution in [2.45, 2.75) is 77.6 Å². The molecule has 1 aromatic rings. The van der Waals surface area contributed by atoms with Crippen LogP contribution in [0.3, 0.4) is 0 Å². The van der Waals surface area contributed by atoms with Crippen LogP contribution in [0.25, 0.3) is 0 Å². The topological polar surface area (TPSA) is 41.6 Å². The number of rotatable bonds is 3. The minimum absolute atomic E-state index is 0.517. The van der Waals surface area contributed by atoms with Gasteiger partial charge in [0.05, 0.1) is 0 Å². The van der Waals surface area contributed by atoms with Crippen molar-refractivity contribution in [3.05, 3.63) is 11.6 Å². The van der Waals surface area contributed by atoms with Crippen LogP contribution in [-0.2, 0) is 6.42 Å². The molecule has 0 aromatic carbocycles. The standard InChI is InChI=1S/C18H27N3/c1-16-5-12-6-17(2,9-16)11-18(7-12,10-16)8-14-19-15(21-20-14)13-3-4-13/h12-13H,3-11H2,1-2H3,(H,19,20,21). The Hall–Kier alpha value is -0.860. The number of nitrogens with one attached hydrogen (secondary N) is 1. The summed E-state index contributed by atoms with van der Waals surface area (Å²) in [5.41, 5.74) is 1.73. The molecule has 4 bridgehead atoms. The van der Waals surface area contributed by atoms with Crippen LogP contribution in [0.4, 0.5) is 0 Å². The lowest BCUT2D eigenvalue weighted by molar-refractivity contribution is -0.144. The summed E-state index contributed by atoms with van der Waals surface area (Å²) in [6, 6.07) is 0. The Morgan fingerprint density at radius 1 is 1.05 bits per heavy atom. The molecule has 5 aliphatic carbocycles. The molecular weight excluding hydrogens is 258 g/mol. The highest BCUT2D eigenvalue weighted by Gasteiger charge is 2.60. The van der Waals surface area contributed by atoms with Gasteiger partial charge in [0.1, 0.15) is 5.82 Å². The van der Waals surface area contributed by atoms with E-state index in [2.05, 4.69) is 24.0 Å². The van der Waals surface area contributed by atoms with E-state index in [1.54, 1.807) is 0 Å². The van der Waals surface area contributed by atoms with Crippen LogP contribution in [0.1, 0.15) is 82.8 Å². The van der Waals surface area contributed by atoms with E-state index in [0.717, 1.165) is 18.2 Å². The summed E-state index contributed by atoms with van der Waals surface area (Å²) >= 11 is 0. The molecule has 1 N–H and O–H groups in total. The minimum Gasteiger partial charge on any atom is -0.263 e. The van der Waals surface area contributed by atoms with Crippen molar-refractivity contribution in [2.75, 3.05) is 0 Å². The maximum atomic E-state index is 4.83. The van der Waals surface area contributed by atoms with Crippen LogP contribution < -0.4 is 0 Å². The number of nitrogens with zero attached hydrogens (tertiary/aromatic N) is 2. The van der Waals surface area contributed by atoms with E-state index in [4.69, 9.17) is 4.98 Å². The number of hydrogen-bond acceptors (Lipinski definition) is 2. The van der Waals surface area contributed by atoms with Gasteiger partial charge in [0.2, 0.25) is 0 Å². The second kappa shape index (κ2) is 3.72. The Morgan fingerprint density at radius 2 is 1.76 bits per heavy atom. The van der Waals surface area contributed by atoms with Crippen LogP contribution in [0.5, 0.6) is 0 Å². The smallest absolute Gasteiger partial charge is 0.153 e. The number of aromatic nitrogens is 3. The van der Waals surface area contributed by atoms with Crippen molar-refractivity contribution in [1.29, 1.82) is 0 Å². The van der Waals surface area contributed by atoms with Crippen molar-refractivity contribution in [1.82, 2.24) is 15.2 Å². The molecule has 0 aliphatic heterocycles. The number of H-pyrrole nitrogens is 1. The lowest BCUT2D eigenvalue weighted by Crippen LogP contribution is -2.55. The first-order chi connectivity index (χ1) is 9.95. The highest BCUT2D eigenvalue weighted by atomic mass is 15.2. The summed E-state index contributed by atoms with van der Waals surface area (Å²) in [6.45, 7) is 5.11. The second-order valence-corrected chi connectivity index (χ2v) is 9.72. The number of hydrogen-bond donors (Lipinski definition) is 1. The predicted molar refractivity (Wildman–Crippen MR) is 81.9 cm³/mol. The molecule has 3 heteroatoms. The molecule has 2 unspecified atom stereocenters. The minimum atomic E-state index is 0.517. The molecule has 0 amide bonds. The van der Waals surface area contributed by atoms with Crippen molar-refractivity contribution >= 4 is 0 Å². The maximum absolute atomic E-state index is 4.83. The molecule has 0 saturated heterocycles. The molecule has 5 saturated carbocycles. The summed E-state index contributed by atoms with van der Waals surface area (Å²) in [4.78, 5) is 4.83. The van der Waals surface area contributed by atoms with Crippen molar-refractivity contribution in [2.24, 2.45) is 22.2 Å². The zero-order valence-corrected chi connectivity index (χ0v) is 13.4. The first-order valence-electron chi connectivity index (χ1n) is 8.86. The molecule has 2 atom stereocenters. The third-order valence-electron chi connectivity index (χ3n) is 6.78. The van der Waals surface area contributed by atoms with Gasteiger partial charge in [-0.15, -0.1) is 0 Å². The van der Waals surface area contributed by atoms with Crippen LogP contribution in [-0.4, -0.2) is 15.2 Å². The third-order valence-corrected chi connectivity index (χ3v) is 6.78. The zero-order valence-electron chi connectivity index (χ0n) is 13.4. The van der Waals surface area contributed by atoms with E-state index in [-0.39, 0.29) is 0 Å². The van der Waals surface area contributed by atoms with E-state index in [1.807, 2.05) is 0 Å². The normalized spacial score (nSPS) is 48.0. The fourth-order valence-corrected chi connectivity index (χ4v) is 7.15. The average Bonchev–Trinajstić information content (AvgIpc) is 3.06. The molecular formula is C18H27N3. The van der Waals surface area contributed by atoms with Gasteiger partial charge >= 0.3 is 0 Å². The average molecular weight is 285 g/mol. The molecule has 3 nitrogen and oxygen atoms in total. The van der Waals surface area contributed by atoms with Gasteiger partial charge < -0.3 is 0 Å². The fraction of sp³-hybridized carbons (Fsp3) is 0.889. The Kier molecular flexibility index (Phi) is 2.24. The SMILES string of the molecule is CC12CC3CC(C)(C1)CC(Cc1nc(C4CC4)n[nH]1)(C3)C2. The van der Waals surface area contributed by atoms with Crippen LogP contribution >= 0.6 is 0 Å². The van der Waals surface area contributed by atoms with E-state index in [9.17, 15) is 0 Å². The van der Waals surface area contributed by atoms with Gasteiger partial charge in [-0.3, -0.25) is 5.10 Å². The molecule has 1 aromatic heterocycles. The lowest BCUT2D eigenvalue weighted by atomic mass is 9.40. The van der Waals surface area contributed by atoms with Gasteiger partial charge in [0.15, 0.2) is 5.82 Å². The summed E-state index contributed by atoms with van der Waals surface area (Å²) < 4.78 is 0. The van der Waals surface area contributed by atoms with Gasteiger partial charge in [-0.05, 0) is 73.5 Å². The first-order valence-corrected chi connectivity index (χ1v) is 8.86. The molecule has 0 spiro atoms. The second-order valence-electron chi connectivity index (χ2n) is 9.72. The quantitative estimate of drug-likeness (QED) is 0.903. The van der Waals surface area contributed by atoms with Crippen LogP contribution in [0.2, 0.25) is 0 Å². The molecule has 5 fully saturated rings. The zero-order chi connectivity index (χ0) is 14.3. The Balaban J connectivity index is 1.44. The monoisotopic (exact) mass is 285 g/mol. The van der Waals surface area contributed by atoms with Crippen molar-refractivity contribution < 1.29 is 0 Å². The summed E-state index contributed by atoms with van der Waals surface area (Å²) in [5, 5.41) is 7.74. The summed E-state index contributed by atoms with van der Waals surface area (Å²) in [7, 11) is 0. The highest BCUT2D eigenvalue weighted by Crippen LogP contribution is 2.70. The maximum Gasteiger partial charge on any atom is 0.153 e. The third kappa shape index (κ3) is 1.99. The summed E-state index contributed by atoms with van der Waals surface area (Å²) in [5.74, 6) is 3.90. The van der Waals surface area contributed by atoms with Crippen molar-refractivity contribution in [3.8, 4) is 0 Å². The molecule has 6 rings (SSSR count). The van der Waals surface area contributed by atoms with Crippen LogP contribution in [0.15, 0.2) is 0 Å². The lowest BCUT2D eigenvalue weighted by Gasteiger charge is -2.65. The van der Waals surface area contributed by atoms with Gasteiger partial charge in [-0.2, -0.15) is 5.10 Å². The van der Waals surface area contributed by atoms with E-state index in [0.29, 0.717) is 22.2 Å². The van der Waals surface area contributed by atoms with Crippen LogP contribution in [0, 0.1) is 22.2 Å². The number of aromatic amines is 1. The van der Waals surface area contributed by atoms with Crippen molar-refractivity contribution in [3.63, 3.8) is 0 Å². The molecule has 0 radical (unpaired) electrons. The Morgan fingerprint density at radius 3 is 2.38 bits per heavy atom. The van der Waals surface area contributed by atoms with Gasteiger partial charge in [0, 0.05) is 12.3 Å². The van der Waals surface area contributed by atoms with E-state index >= 15 is 0 Å². The molecule has 21 heavy (non-hydrogen) atoms. The molecule has 1 heterocycles. The first kappa shape index (κ1) is 12.7. The Bertz CT molecular complexity index is 567. The molecule has 114 valence electrons. The van der Waals surface area contributed by atoms with Gasteiger partial charge in [-0.25, -0.2) is 4.98 Å². The largest absolute Gasteiger partial charge is 0.263 e. The predicted octanol–water partition coefficient (Wildman–Crippen LogP) is 4.22. The highest BCUT2D eigenvalue weighted by molar-refractivity contribution is 5.13. The fourth-order valence-electron chi connectivity index (χ4n) is 7.15. The van der Waals surface area contributed by atoms with E-state index in [1.165, 1.54) is 57.2 Å². The van der Waals surface area contributed by atoms with Gasteiger partial charge in [0.25, 0.3) is 0 Å².